The van der Waals surface area contributed by atoms with Gasteiger partial charge in [0.05, 0.1) is 23.9 Å². The molecule has 5 rings (SSSR count). The first-order valence-corrected chi connectivity index (χ1v) is 8.75. The molecule has 3 aromatic rings. The molecule has 0 saturated heterocycles. The van der Waals surface area contributed by atoms with E-state index < -0.39 is 0 Å². The van der Waals surface area contributed by atoms with E-state index in [1.807, 2.05) is 48.5 Å². The molecule has 0 radical (unpaired) electrons. The van der Waals surface area contributed by atoms with Crippen molar-refractivity contribution in [3.05, 3.63) is 83.8 Å². The van der Waals surface area contributed by atoms with Gasteiger partial charge in [-0.3, -0.25) is 4.79 Å². The van der Waals surface area contributed by atoms with Crippen LogP contribution < -0.4 is 10.6 Å². The van der Waals surface area contributed by atoms with Crippen LogP contribution in [0, 0.1) is 0 Å². The summed E-state index contributed by atoms with van der Waals surface area (Å²) in [7, 11) is 0. The molecule has 26 heavy (non-hydrogen) atoms. The number of carbonyl (C=O) groups excluding carboxylic acids is 1. The largest absolute Gasteiger partial charge is 0.469 e. The third kappa shape index (κ3) is 2.44. The highest BCUT2D eigenvalue weighted by molar-refractivity contribution is 6.01. The van der Waals surface area contributed by atoms with Crippen molar-refractivity contribution in [3.8, 4) is 0 Å². The number of para-hydroxylation sites is 2. The summed E-state index contributed by atoms with van der Waals surface area (Å²) in [4.78, 5) is 13.1. The molecule has 0 unspecified atom stereocenters. The van der Waals surface area contributed by atoms with E-state index >= 15 is 0 Å². The van der Waals surface area contributed by atoms with Gasteiger partial charge in [0.1, 0.15) is 17.6 Å². The first kappa shape index (κ1) is 15.1. The van der Waals surface area contributed by atoms with E-state index in [0.29, 0.717) is 6.42 Å². The lowest BCUT2D eigenvalue weighted by Crippen LogP contribution is -2.26. The number of hydrogen-bond donors (Lipinski definition) is 2. The quantitative estimate of drug-likeness (QED) is 0.694. The first-order chi connectivity index (χ1) is 12.8. The summed E-state index contributed by atoms with van der Waals surface area (Å²) in [5.74, 6) is 1.75. The molecule has 2 N–H and O–H groups in total. The van der Waals surface area contributed by atoms with Gasteiger partial charge in [-0.25, -0.2) is 0 Å². The van der Waals surface area contributed by atoms with Crippen molar-refractivity contribution in [2.45, 2.75) is 24.8 Å². The third-order valence-electron chi connectivity index (χ3n) is 5.08. The second-order valence-corrected chi connectivity index (χ2v) is 6.70. The van der Waals surface area contributed by atoms with Crippen molar-refractivity contribution in [2.24, 2.45) is 0 Å². The van der Waals surface area contributed by atoms with Gasteiger partial charge < -0.3 is 19.5 Å². The van der Waals surface area contributed by atoms with Crippen LogP contribution in [0.2, 0.25) is 0 Å². The van der Waals surface area contributed by atoms with Crippen LogP contribution in [0.15, 0.2) is 81.2 Å². The highest BCUT2D eigenvalue weighted by Gasteiger charge is 2.37. The molecule has 0 bridgehead atoms. The zero-order valence-corrected chi connectivity index (χ0v) is 14.1. The molecule has 2 atom stereocenters. The fraction of sp³-hybridized carbons (Fsp3) is 0.190. The average molecular weight is 346 g/mol. The van der Waals surface area contributed by atoms with E-state index in [9.17, 15) is 4.79 Å². The van der Waals surface area contributed by atoms with Crippen LogP contribution in [0.1, 0.15) is 36.3 Å². The number of anilines is 2. The van der Waals surface area contributed by atoms with E-state index in [-0.39, 0.29) is 17.7 Å². The molecule has 0 saturated carbocycles. The molecule has 1 aromatic carbocycles. The zero-order valence-electron chi connectivity index (χ0n) is 14.1. The number of furan rings is 2. The Morgan fingerprint density at radius 1 is 0.846 bits per heavy atom. The maximum Gasteiger partial charge on any atom is 0.163 e. The average Bonchev–Trinajstić information content (AvgIpc) is 3.33. The Morgan fingerprint density at radius 2 is 1.58 bits per heavy atom. The van der Waals surface area contributed by atoms with Gasteiger partial charge in [0.2, 0.25) is 0 Å². The number of benzene rings is 1. The van der Waals surface area contributed by atoms with Gasteiger partial charge in [-0.05, 0) is 42.8 Å². The van der Waals surface area contributed by atoms with Crippen LogP contribution >= 0.6 is 0 Å². The fourth-order valence-electron chi connectivity index (χ4n) is 3.89. The summed E-state index contributed by atoms with van der Waals surface area (Å²) in [5, 5.41) is 6.97. The number of hydrogen-bond acceptors (Lipinski definition) is 5. The number of fused-ring (bicyclic) bond motifs is 1. The van der Waals surface area contributed by atoms with E-state index in [4.69, 9.17) is 8.83 Å². The van der Waals surface area contributed by atoms with Crippen LogP contribution in [0.4, 0.5) is 11.4 Å². The number of nitrogens with one attached hydrogen (secondary N) is 2. The van der Waals surface area contributed by atoms with Gasteiger partial charge in [0.25, 0.3) is 0 Å². The highest BCUT2D eigenvalue weighted by atomic mass is 16.3. The van der Waals surface area contributed by atoms with Crippen LogP contribution in [0.25, 0.3) is 0 Å². The number of carbonyl (C=O) groups is 1. The minimum Gasteiger partial charge on any atom is -0.469 e. The Bertz CT molecular complexity index is 971. The second-order valence-electron chi connectivity index (χ2n) is 6.70. The van der Waals surface area contributed by atoms with Crippen LogP contribution in [0.3, 0.4) is 0 Å². The third-order valence-corrected chi connectivity index (χ3v) is 5.08. The Labute approximate surface area is 150 Å². The van der Waals surface area contributed by atoms with Crippen LogP contribution in [-0.4, -0.2) is 5.78 Å². The molecule has 0 fully saturated rings. The lowest BCUT2D eigenvalue weighted by molar-refractivity contribution is -0.116. The molecular weight excluding hydrogens is 328 g/mol. The van der Waals surface area contributed by atoms with Gasteiger partial charge in [0.15, 0.2) is 5.78 Å². The highest BCUT2D eigenvalue weighted by Crippen LogP contribution is 2.44. The topological polar surface area (TPSA) is 67.4 Å². The van der Waals surface area contributed by atoms with Gasteiger partial charge in [-0.2, -0.15) is 0 Å². The Morgan fingerprint density at radius 3 is 2.31 bits per heavy atom. The summed E-state index contributed by atoms with van der Waals surface area (Å²) in [6.45, 7) is 0. The normalized spacial score (nSPS) is 22.1. The molecule has 1 aliphatic carbocycles. The van der Waals surface area contributed by atoms with Gasteiger partial charge in [-0.1, -0.05) is 12.1 Å². The van der Waals surface area contributed by atoms with Crippen molar-refractivity contribution in [3.63, 3.8) is 0 Å². The molecule has 3 heterocycles. The Balaban J connectivity index is 1.62. The molecule has 5 nitrogen and oxygen atoms in total. The first-order valence-electron chi connectivity index (χ1n) is 8.75. The second kappa shape index (κ2) is 5.95. The Hall–Kier alpha value is -3.21. The van der Waals surface area contributed by atoms with E-state index in [0.717, 1.165) is 40.6 Å². The summed E-state index contributed by atoms with van der Waals surface area (Å²) >= 11 is 0. The van der Waals surface area contributed by atoms with Crippen LogP contribution in [-0.2, 0) is 4.79 Å². The molecule has 0 spiro atoms. The van der Waals surface area contributed by atoms with Crippen LogP contribution in [0.5, 0.6) is 0 Å². The van der Waals surface area contributed by atoms with Crippen molar-refractivity contribution in [2.75, 3.05) is 10.6 Å². The monoisotopic (exact) mass is 346 g/mol. The number of Topliss-reactive ketones (excluding diaryl/α,β-unsaturated/α-hetero) is 1. The van der Waals surface area contributed by atoms with Crippen molar-refractivity contribution >= 4 is 17.2 Å². The number of allylic oxidation sites excluding steroid dienone is 1. The molecule has 0 amide bonds. The summed E-state index contributed by atoms with van der Waals surface area (Å²) in [6, 6.07) is 15.2. The molecule has 130 valence electrons. The number of rotatable bonds is 2. The lowest BCUT2D eigenvalue weighted by Gasteiger charge is -2.27. The molecular formula is C21H18N2O3. The van der Waals surface area contributed by atoms with E-state index in [1.165, 1.54) is 0 Å². The molecule has 2 aromatic heterocycles. The Kier molecular flexibility index (Phi) is 3.45. The number of ketones is 1. The zero-order chi connectivity index (χ0) is 17.5. The molecule has 2 aliphatic rings. The maximum absolute atomic E-state index is 13.1. The molecule has 1 aliphatic heterocycles. The smallest absolute Gasteiger partial charge is 0.163 e. The minimum absolute atomic E-state index is 0.0475. The maximum atomic E-state index is 13.1. The van der Waals surface area contributed by atoms with Crippen molar-refractivity contribution < 1.29 is 13.6 Å². The SMILES string of the molecule is O=C1C[C@@H](c2ccco2)CC2=C1[C@@H](c1ccco1)Nc1ccccc1N2. The predicted octanol–water partition coefficient (Wildman–Crippen LogP) is 4.85. The van der Waals surface area contributed by atoms with Crippen molar-refractivity contribution in [1.29, 1.82) is 0 Å². The van der Waals surface area contributed by atoms with Gasteiger partial charge >= 0.3 is 0 Å². The lowest BCUT2D eigenvalue weighted by atomic mass is 9.81. The predicted molar refractivity (Wildman–Crippen MR) is 97.9 cm³/mol. The summed E-state index contributed by atoms with van der Waals surface area (Å²) < 4.78 is 11.2. The van der Waals surface area contributed by atoms with E-state index in [1.54, 1.807) is 12.5 Å². The standard InChI is InChI=1S/C21H18N2O3/c24-17-12-13(18-7-3-9-25-18)11-16-20(17)21(19-8-4-10-26-19)23-15-6-2-1-5-14(15)22-16/h1-10,13,21-23H,11-12H2/t13-,21+/m0/s1. The van der Waals surface area contributed by atoms with Crippen molar-refractivity contribution in [1.82, 2.24) is 0 Å². The minimum atomic E-state index is -0.304. The summed E-state index contributed by atoms with van der Waals surface area (Å²) in [6.07, 6.45) is 4.46. The van der Waals surface area contributed by atoms with Gasteiger partial charge in [-0.15, -0.1) is 0 Å². The summed E-state index contributed by atoms with van der Waals surface area (Å²) in [5.41, 5.74) is 3.59. The van der Waals surface area contributed by atoms with E-state index in [2.05, 4.69) is 10.6 Å². The molecule has 5 heteroatoms. The van der Waals surface area contributed by atoms with Gasteiger partial charge in [0, 0.05) is 23.6 Å². The fourth-order valence-corrected chi connectivity index (χ4v) is 3.89.